The Kier molecular flexibility index (Phi) is 4.38. The van der Waals surface area contributed by atoms with Gasteiger partial charge in [-0.15, -0.1) is 0 Å². The number of carboxylic acid groups (broad SMARTS) is 1. The van der Waals surface area contributed by atoms with E-state index in [1.54, 1.807) is 18.5 Å². The number of piperidine rings is 1. The number of hydrogen-bond acceptors (Lipinski definition) is 4. The first-order chi connectivity index (χ1) is 9.78. The molecule has 0 saturated carbocycles. The van der Waals surface area contributed by atoms with Gasteiger partial charge in [0.2, 0.25) is 10.0 Å². The Morgan fingerprint density at radius 1 is 1.33 bits per heavy atom. The van der Waals surface area contributed by atoms with Gasteiger partial charge in [0.25, 0.3) is 0 Å². The van der Waals surface area contributed by atoms with E-state index in [-0.39, 0.29) is 18.0 Å². The zero-order valence-electron chi connectivity index (χ0n) is 12.5. The number of carbonyl (C=O) groups is 1. The van der Waals surface area contributed by atoms with Crippen molar-refractivity contribution in [1.82, 2.24) is 14.1 Å². The Morgan fingerprint density at radius 2 is 1.90 bits per heavy atom. The fraction of sp³-hybridized carbons (Fsp3) is 0.692. The SMILES string of the molecule is CCn1nc(C)c(S(=O)(=O)N2CCC(C(=O)O)CC2)c1C. The molecule has 1 fully saturated rings. The monoisotopic (exact) mass is 315 g/mol. The average Bonchev–Trinajstić information content (AvgIpc) is 2.73. The highest BCUT2D eigenvalue weighted by Gasteiger charge is 2.35. The van der Waals surface area contributed by atoms with Crippen LogP contribution in [0.4, 0.5) is 0 Å². The van der Waals surface area contributed by atoms with Crippen molar-refractivity contribution in [3.05, 3.63) is 11.4 Å². The van der Waals surface area contributed by atoms with Crippen LogP contribution in [0.2, 0.25) is 0 Å². The molecule has 0 unspecified atom stereocenters. The van der Waals surface area contributed by atoms with E-state index in [4.69, 9.17) is 5.11 Å². The lowest BCUT2D eigenvalue weighted by Gasteiger charge is -2.29. The second-order valence-electron chi connectivity index (χ2n) is 5.33. The van der Waals surface area contributed by atoms with E-state index in [0.29, 0.717) is 30.8 Å². The van der Waals surface area contributed by atoms with Gasteiger partial charge in [0.1, 0.15) is 4.90 Å². The summed E-state index contributed by atoms with van der Waals surface area (Å²) in [7, 11) is -3.60. The number of aryl methyl sites for hydroxylation is 2. The predicted molar refractivity (Wildman–Crippen MR) is 76.5 cm³/mol. The lowest BCUT2D eigenvalue weighted by molar-refractivity contribution is -0.142. The summed E-state index contributed by atoms with van der Waals surface area (Å²) in [4.78, 5) is 11.2. The molecule has 7 nitrogen and oxygen atoms in total. The second-order valence-corrected chi connectivity index (χ2v) is 7.21. The van der Waals surface area contributed by atoms with E-state index in [1.165, 1.54) is 4.31 Å². The summed E-state index contributed by atoms with van der Waals surface area (Å²) in [5.74, 6) is -1.30. The average molecular weight is 315 g/mol. The molecule has 1 N–H and O–H groups in total. The molecule has 8 heteroatoms. The molecule has 0 bridgehead atoms. The second kappa shape index (κ2) is 5.76. The van der Waals surface area contributed by atoms with E-state index >= 15 is 0 Å². The van der Waals surface area contributed by atoms with Crippen molar-refractivity contribution in [3.8, 4) is 0 Å². The molecule has 0 spiro atoms. The summed E-state index contributed by atoms with van der Waals surface area (Å²) in [6.45, 7) is 6.46. The van der Waals surface area contributed by atoms with Crippen molar-refractivity contribution in [1.29, 1.82) is 0 Å². The molecule has 1 aromatic heterocycles. The van der Waals surface area contributed by atoms with Gasteiger partial charge in [0.05, 0.1) is 17.3 Å². The molecule has 2 rings (SSSR count). The van der Waals surface area contributed by atoms with Gasteiger partial charge in [0.15, 0.2) is 0 Å². The van der Waals surface area contributed by atoms with Crippen LogP contribution in [-0.4, -0.2) is 46.7 Å². The molecule has 1 aromatic rings. The fourth-order valence-electron chi connectivity index (χ4n) is 2.83. The zero-order chi connectivity index (χ0) is 15.8. The first-order valence-electron chi connectivity index (χ1n) is 7.06. The summed E-state index contributed by atoms with van der Waals surface area (Å²) in [5.41, 5.74) is 1.13. The summed E-state index contributed by atoms with van der Waals surface area (Å²) in [6.07, 6.45) is 0.711. The van der Waals surface area contributed by atoms with Crippen molar-refractivity contribution in [2.24, 2.45) is 5.92 Å². The lowest BCUT2D eigenvalue weighted by Crippen LogP contribution is -2.40. The van der Waals surface area contributed by atoms with Gasteiger partial charge in [-0.05, 0) is 33.6 Å². The lowest BCUT2D eigenvalue weighted by atomic mass is 9.99. The number of sulfonamides is 1. The van der Waals surface area contributed by atoms with Gasteiger partial charge in [-0.1, -0.05) is 0 Å². The predicted octanol–water partition coefficient (Wildman–Crippen LogP) is 1.01. The first kappa shape index (κ1) is 16.0. The van der Waals surface area contributed by atoms with E-state index in [9.17, 15) is 13.2 Å². The Labute approximate surface area is 124 Å². The van der Waals surface area contributed by atoms with Crippen LogP contribution < -0.4 is 0 Å². The molecule has 1 saturated heterocycles. The van der Waals surface area contributed by atoms with Crippen molar-refractivity contribution < 1.29 is 18.3 Å². The van der Waals surface area contributed by atoms with E-state index in [1.807, 2.05) is 6.92 Å². The van der Waals surface area contributed by atoms with E-state index in [2.05, 4.69) is 5.10 Å². The zero-order valence-corrected chi connectivity index (χ0v) is 13.4. The Bertz CT molecular complexity index is 643. The van der Waals surface area contributed by atoms with Crippen LogP contribution in [0.5, 0.6) is 0 Å². The van der Waals surface area contributed by atoms with Crippen LogP contribution >= 0.6 is 0 Å². The quantitative estimate of drug-likeness (QED) is 0.895. The standard InChI is InChI=1S/C13H21N3O4S/c1-4-16-10(3)12(9(2)14-16)21(19,20)15-7-5-11(6-8-15)13(17)18/h11H,4-8H2,1-3H3,(H,17,18). The summed E-state index contributed by atoms with van der Waals surface area (Å²) < 4.78 is 28.6. The first-order valence-corrected chi connectivity index (χ1v) is 8.50. The highest BCUT2D eigenvalue weighted by molar-refractivity contribution is 7.89. The third-order valence-corrected chi connectivity index (χ3v) is 6.17. The highest BCUT2D eigenvalue weighted by atomic mass is 32.2. The summed E-state index contributed by atoms with van der Waals surface area (Å²) in [6, 6.07) is 0. The van der Waals surface area contributed by atoms with Gasteiger partial charge < -0.3 is 5.11 Å². The van der Waals surface area contributed by atoms with Crippen LogP contribution in [-0.2, 0) is 21.4 Å². The topological polar surface area (TPSA) is 92.5 Å². The van der Waals surface area contributed by atoms with E-state index in [0.717, 1.165) is 0 Å². The maximum absolute atomic E-state index is 12.8. The Morgan fingerprint density at radius 3 is 2.33 bits per heavy atom. The number of rotatable bonds is 4. The van der Waals surface area contributed by atoms with Crippen molar-refractivity contribution >= 4 is 16.0 Å². The molecule has 0 atom stereocenters. The van der Waals surface area contributed by atoms with Crippen LogP contribution in [0, 0.1) is 19.8 Å². The third-order valence-electron chi connectivity index (χ3n) is 4.02. The van der Waals surface area contributed by atoms with Gasteiger partial charge in [-0.25, -0.2) is 8.42 Å². The van der Waals surface area contributed by atoms with Crippen LogP contribution in [0.15, 0.2) is 4.90 Å². The van der Waals surface area contributed by atoms with Gasteiger partial charge in [0, 0.05) is 19.6 Å². The van der Waals surface area contributed by atoms with Crippen LogP contribution in [0.1, 0.15) is 31.2 Å². The molecule has 1 aliphatic rings. The molecule has 0 radical (unpaired) electrons. The van der Waals surface area contributed by atoms with Crippen LogP contribution in [0.3, 0.4) is 0 Å². The maximum atomic E-state index is 12.8. The van der Waals surface area contributed by atoms with Gasteiger partial charge in [-0.3, -0.25) is 9.48 Å². The highest BCUT2D eigenvalue weighted by Crippen LogP contribution is 2.27. The maximum Gasteiger partial charge on any atom is 0.306 e. The molecule has 118 valence electrons. The fourth-order valence-corrected chi connectivity index (χ4v) is 4.68. The van der Waals surface area contributed by atoms with Crippen molar-refractivity contribution in [3.63, 3.8) is 0 Å². The van der Waals surface area contributed by atoms with Gasteiger partial charge >= 0.3 is 5.97 Å². The number of aliphatic carboxylic acids is 1. The largest absolute Gasteiger partial charge is 0.481 e. The molecular formula is C13H21N3O4S. The third kappa shape index (κ3) is 2.82. The van der Waals surface area contributed by atoms with Crippen LogP contribution in [0.25, 0.3) is 0 Å². The Balaban J connectivity index is 2.28. The minimum Gasteiger partial charge on any atom is -0.481 e. The molecule has 1 aliphatic heterocycles. The van der Waals surface area contributed by atoms with Crippen molar-refractivity contribution in [2.75, 3.05) is 13.1 Å². The number of hydrogen-bond donors (Lipinski definition) is 1. The minimum absolute atomic E-state index is 0.246. The summed E-state index contributed by atoms with van der Waals surface area (Å²) in [5, 5.41) is 13.2. The van der Waals surface area contributed by atoms with Gasteiger partial charge in [-0.2, -0.15) is 9.40 Å². The van der Waals surface area contributed by atoms with Crippen molar-refractivity contribution in [2.45, 2.75) is 45.1 Å². The molecule has 0 amide bonds. The number of nitrogens with zero attached hydrogens (tertiary/aromatic N) is 3. The molecule has 2 heterocycles. The molecule has 0 aliphatic carbocycles. The van der Waals surface area contributed by atoms with E-state index < -0.39 is 21.9 Å². The smallest absolute Gasteiger partial charge is 0.306 e. The molecule has 21 heavy (non-hydrogen) atoms. The molecular weight excluding hydrogens is 294 g/mol. The Hall–Kier alpha value is -1.41. The normalized spacial score (nSPS) is 18.0. The summed E-state index contributed by atoms with van der Waals surface area (Å²) >= 11 is 0. The minimum atomic E-state index is -3.60. The number of carboxylic acids is 1. The molecule has 0 aromatic carbocycles. The number of aromatic nitrogens is 2.